The van der Waals surface area contributed by atoms with Gasteiger partial charge in [-0.15, -0.1) is 0 Å². The molecule has 0 spiro atoms. The zero-order valence-electron chi connectivity index (χ0n) is 13.0. The summed E-state index contributed by atoms with van der Waals surface area (Å²) in [6.07, 6.45) is 2.83. The Hall–Kier alpha value is -1.13. The summed E-state index contributed by atoms with van der Waals surface area (Å²) in [4.78, 5) is 4.62. The van der Waals surface area contributed by atoms with E-state index in [1.165, 1.54) is 11.1 Å². The molecular weight excluding hydrogens is 406 g/mol. The zero-order chi connectivity index (χ0) is 16.1. The number of rotatable bonds is 5. The molecular formula is C18H19Br2NO. The molecule has 0 unspecified atom stereocenters. The lowest BCUT2D eigenvalue weighted by Crippen LogP contribution is -1.99. The van der Waals surface area contributed by atoms with Crippen molar-refractivity contribution in [2.75, 3.05) is 6.61 Å². The molecule has 2 aromatic rings. The van der Waals surface area contributed by atoms with Gasteiger partial charge in [0.2, 0.25) is 0 Å². The highest BCUT2D eigenvalue weighted by atomic mass is 79.9. The first-order chi connectivity index (χ1) is 10.5. The number of ether oxygens (including phenoxy) is 1. The van der Waals surface area contributed by atoms with Crippen molar-refractivity contribution >= 4 is 43.8 Å². The summed E-state index contributed by atoms with van der Waals surface area (Å²) in [5.41, 5.74) is 4.34. The summed E-state index contributed by atoms with van der Waals surface area (Å²) in [6.45, 7) is 6.94. The van der Waals surface area contributed by atoms with Gasteiger partial charge in [-0.3, -0.25) is 4.99 Å². The van der Waals surface area contributed by atoms with Gasteiger partial charge in [0.1, 0.15) is 5.75 Å². The number of aryl methyl sites for hydroxylation is 2. The lowest BCUT2D eigenvalue weighted by molar-refractivity contribution is 0.315. The molecule has 2 aromatic carbocycles. The minimum atomic E-state index is 0.685. The van der Waals surface area contributed by atoms with E-state index in [4.69, 9.17) is 4.74 Å². The van der Waals surface area contributed by atoms with Crippen molar-refractivity contribution in [3.05, 3.63) is 56.0 Å². The number of nitrogens with zero attached hydrogens (tertiary/aromatic N) is 1. The molecule has 2 nitrogen and oxygen atoms in total. The van der Waals surface area contributed by atoms with Gasteiger partial charge in [0.25, 0.3) is 0 Å². The van der Waals surface area contributed by atoms with Crippen LogP contribution >= 0.6 is 31.9 Å². The predicted molar refractivity (Wildman–Crippen MR) is 101 cm³/mol. The Morgan fingerprint density at radius 3 is 2.59 bits per heavy atom. The fraction of sp³-hybridized carbons (Fsp3) is 0.278. The smallest absolute Gasteiger partial charge is 0.142 e. The maximum absolute atomic E-state index is 5.85. The van der Waals surface area contributed by atoms with Crippen LogP contribution in [0.5, 0.6) is 5.75 Å². The molecule has 0 N–H and O–H groups in total. The van der Waals surface area contributed by atoms with Crippen molar-refractivity contribution in [1.29, 1.82) is 0 Å². The second kappa shape index (κ2) is 7.93. The van der Waals surface area contributed by atoms with Crippen LogP contribution in [0.1, 0.15) is 30.0 Å². The van der Waals surface area contributed by atoms with E-state index < -0.39 is 0 Å². The van der Waals surface area contributed by atoms with E-state index in [0.29, 0.717) is 6.61 Å². The fourth-order valence-electron chi connectivity index (χ4n) is 2.12. The molecule has 0 fully saturated rings. The number of hydrogen-bond donors (Lipinski definition) is 0. The van der Waals surface area contributed by atoms with E-state index in [9.17, 15) is 0 Å². The Balaban J connectivity index is 2.36. The molecule has 0 saturated carbocycles. The Morgan fingerprint density at radius 2 is 1.91 bits per heavy atom. The van der Waals surface area contributed by atoms with Crippen LogP contribution in [0.25, 0.3) is 0 Å². The Labute approximate surface area is 148 Å². The average Bonchev–Trinajstić information content (AvgIpc) is 2.45. The second-order valence-electron chi connectivity index (χ2n) is 5.20. The second-order valence-corrected chi connectivity index (χ2v) is 6.97. The summed E-state index contributed by atoms with van der Waals surface area (Å²) in [5.74, 6) is 0.832. The Kier molecular flexibility index (Phi) is 6.21. The highest BCUT2D eigenvalue weighted by molar-refractivity contribution is 9.11. The molecule has 0 aliphatic heterocycles. The molecule has 0 aromatic heterocycles. The average molecular weight is 425 g/mol. The number of benzene rings is 2. The molecule has 4 heteroatoms. The van der Waals surface area contributed by atoms with Gasteiger partial charge in [0.15, 0.2) is 0 Å². The zero-order valence-corrected chi connectivity index (χ0v) is 16.2. The third-order valence-corrected chi connectivity index (χ3v) is 4.23. The van der Waals surface area contributed by atoms with Gasteiger partial charge < -0.3 is 4.74 Å². The topological polar surface area (TPSA) is 21.6 Å². The highest BCUT2D eigenvalue weighted by Crippen LogP contribution is 2.32. The monoisotopic (exact) mass is 423 g/mol. The van der Waals surface area contributed by atoms with Crippen LogP contribution in [0.2, 0.25) is 0 Å². The number of aliphatic imine (C=N–C) groups is 1. The molecule has 0 amide bonds. The van der Waals surface area contributed by atoms with E-state index in [0.717, 1.165) is 32.4 Å². The first-order valence-electron chi connectivity index (χ1n) is 7.24. The van der Waals surface area contributed by atoms with Crippen molar-refractivity contribution in [1.82, 2.24) is 0 Å². The van der Waals surface area contributed by atoms with Crippen molar-refractivity contribution in [3.63, 3.8) is 0 Å². The third-order valence-electron chi connectivity index (χ3n) is 3.18. The summed E-state index contributed by atoms with van der Waals surface area (Å²) in [7, 11) is 0. The van der Waals surface area contributed by atoms with E-state index in [-0.39, 0.29) is 0 Å². The van der Waals surface area contributed by atoms with E-state index >= 15 is 0 Å². The SMILES string of the molecule is CCCOc1c(Br)cc(Br)cc1C=Nc1ccc(C)cc1C. The van der Waals surface area contributed by atoms with Crippen LogP contribution in [-0.4, -0.2) is 12.8 Å². The van der Waals surface area contributed by atoms with Crippen LogP contribution in [0, 0.1) is 13.8 Å². The van der Waals surface area contributed by atoms with Crippen molar-refractivity contribution < 1.29 is 4.74 Å². The molecule has 2 rings (SSSR count). The van der Waals surface area contributed by atoms with Crippen molar-refractivity contribution in [2.24, 2.45) is 4.99 Å². The summed E-state index contributed by atoms with van der Waals surface area (Å²) >= 11 is 7.08. The van der Waals surface area contributed by atoms with Gasteiger partial charge in [0.05, 0.1) is 16.8 Å². The molecule has 116 valence electrons. The lowest BCUT2D eigenvalue weighted by Gasteiger charge is -2.11. The summed E-state index contributed by atoms with van der Waals surface area (Å²) < 4.78 is 7.77. The van der Waals surface area contributed by atoms with E-state index in [1.54, 1.807) is 0 Å². The Morgan fingerprint density at radius 1 is 1.14 bits per heavy atom. The van der Waals surface area contributed by atoms with Gasteiger partial charge in [-0.2, -0.15) is 0 Å². The number of hydrogen-bond acceptors (Lipinski definition) is 2. The third kappa shape index (κ3) is 4.43. The van der Waals surface area contributed by atoms with Gasteiger partial charge >= 0.3 is 0 Å². The molecule has 0 aliphatic carbocycles. The van der Waals surface area contributed by atoms with Crippen LogP contribution < -0.4 is 4.74 Å². The summed E-state index contributed by atoms with van der Waals surface area (Å²) in [5, 5.41) is 0. The van der Waals surface area contributed by atoms with E-state index in [2.05, 4.69) is 69.8 Å². The largest absolute Gasteiger partial charge is 0.492 e. The minimum absolute atomic E-state index is 0.685. The Bertz CT molecular complexity index is 696. The molecule has 0 aliphatic rings. The van der Waals surface area contributed by atoms with Gasteiger partial charge in [0, 0.05) is 16.3 Å². The fourth-order valence-corrected chi connectivity index (χ4v) is 3.49. The molecule has 0 radical (unpaired) electrons. The molecule has 0 atom stereocenters. The minimum Gasteiger partial charge on any atom is -0.492 e. The normalized spacial score (nSPS) is 11.1. The van der Waals surface area contributed by atoms with Gasteiger partial charge in [-0.1, -0.05) is 40.5 Å². The van der Waals surface area contributed by atoms with Gasteiger partial charge in [-0.25, -0.2) is 0 Å². The first-order valence-corrected chi connectivity index (χ1v) is 8.83. The van der Waals surface area contributed by atoms with Crippen molar-refractivity contribution in [2.45, 2.75) is 27.2 Å². The highest BCUT2D eigenvalue weighted by Gasteiger charge is 2.09. The quantitative estimate of drug-likeness (QED) is 0.511. The molecule has 22 heavy (non-hydrogen) atoms. The standard InChI is InChI=1S/C18H19Br2NO/c1-4-7-22-18-14(9-15(19)10-16(18)20)11-21-17-6-5-12(2)8-13(17)3/h5-6,8-11H,4,7H2,1-3H3. The molecule has 0 bridgehead atoms. The van der Waals surface area contributed by atoms with Crippen LogP contribution in [-0.2, 0) is 0 Å². The van der Waals surface area contributed by atoms with Crippen molar-refractivity contribution in [3.8, 4) is 5.75 Å². The van der Waals surface area contributed by atoms with Crippen LogP contribution in [0.3, 0.4) is 0 Å². The molecule has 0 heterocycles. The maximum atomic E-state index is 5.85. The van der Waals surface area contributed by atoms with E-state index in [1.807, 2.05) is 24.4 Å². The predicted octanol–water partition coefficient (Wildman–Crippen LogP) is 6.37. The molecule has 0 saturated heterocycles. The number of halogens is 2. The first kappa shape index (κ1) is 17.2. The van der Waals surface area contributed by atoms with Gasteiger partial charge in [-0.05, 0) is 60.0 Å². The lowest BCUT2D eigenvalue weighted by atomic mass is 10.1. The summed E-state index contributed by atoms with van der Waals surface area (Å²) in [6, 6.07) is 10.3. The maximum Gasteiger partial charge on any atom is 0.142 e. The van der Waals surface area contributed by atoms with Crippen LogP contribution in [0.4, 0.5) is 5.69 Å². The van der Waals surface area contributed by atoms with Crippen LogP contribution in [0.15, 0.2) is 44.3 Å².